The van der Waals surface area contributed by atoms with E-state index in [0.29, 0.717) is 5.92 Å². The molecule has 2 rings (SSSR count). The number of hydrogen-bond acceptors (Lipinski definition) is 3. The largest absolute Gasteiger partial charge is 0.321 e. The lowest BCUT2D eigenvalue weighted by Gasteiger charge is -2.23. The summed E-state index contributed by atoms with van der Waals surface area (Å²) in [6, 6.07) is 0. The molecule has 17 heavy (non-hydrogen) atoms. The molecule has 1 aromatic rings. The maximum absolute atomic E-state index is 12.2. The van der Waals surface area contributed by atoms with Crippen molar-refractivity contribution in [2.45, 2.75) is 39.2 Å². The van der Waals surface area contributed by atoms with Gasteiger partial charge in [0.1, 0.15) is 0 Å². The fourth-order valence-corrected chi connectivity index (χ4v) is 2.07. The molecule has 1 fully saturated rings. The fourth-order valence-electron chi connectivity index (χ4n) is 2.07. The maximum Gasteiger partial charge on any atom is 0.244 e. The van der Waals surface area contributed by atoms with E-state index in [1.54, 1.807) is 11.6 Å². The predicted octanol–water partition coefficient (Wildman–Crippen LogP) is 1.10. The van der Waals surface area contributed by atoms with E-state index in [1.807, 2.05) is 20.9 Å². The molecule has 5 heteroatoms. The van der Waals surface area contributed by atoms with Crippen LogP contribution >= 0.6 is 0 Å². The third kappa shape index (κ3) is 2.07. The summed E-state index contributed by atoms with van der Waals surface area (Å²) in [6.07, 6.45) is 2.09. The van der Waals surface area contributed by atoms with Crippen molar-refractivity contribution in [3.05, 3.63) is 11.4 Å². The first-order chi connectivity index (χ1) is 7.84. The van der Waals surface area contributed by atoms with E-state index in [1.165, 1.54) is 0 Å². The smallest absolute Gasteiger partial charge is 0.244 e. The number of nitrogens with zero attached hydrogens (tertiary/aromatic N) is 2. The van der Waals surface area contributed by atoms with Crippen molar-refractivity contribution in [3.63, 3.8) is 0 Å². The topological polar surface area (TPSA) is 72.9 Å². The van der Waals surface area contributed by atoms with Crippen LogP contribution in [0.5, 0.6) is 0 Å². The lowest BCUT2D eigenvalue weighted by Crippen LogP contribution is -2.50. The van der Waals surface area contributed by atoms with Crippen LogP contribution in [0, 0.1) is 19.8 Å². The second kappa shape index (κ2) is 3.84. The Balaban J connectivity index is 2.18. The summed E-state index contributed by atoms with van der Waals surface area (Å²) < 4.78 is 1.76. The molecular formula is C12H20N4O. The molecule has 1 saturated carbocycles. The number of amides is 1. The normalized spacial score (nSPS) is 18.9. The molecule has 1 aromatic heterocycles. The van der Waals surface area contributed by atoms with Crippen LogP contribution in [0.15, 0.2) is 0 Å². The van der Waals surface area contributed by atoms with Gasteiger partial charge in [0, 0.05) is 7.05 Å². The van der Waals surface area contributed by atoms with Crippen molar-refractivity contribution in [3.8, 4) is 0 Å². The maximum atomic E-state index is 12.2. The summed E-state index contributed by atoms with van der Waals surface area (Å²) in [7, 11) is 1.86. The highest BCUT2D eigenvalue weighted by Crippen LogP contribution is 2.38. The summed E-state index contributed by atoms with van der Waals surface area (Å²) in [6.45, 7) is 5.62. The number of anilines is 1. The number of carbonyl (C=O) groups is 1. The molecule has 1 amide bonds. The Kier molecular flexibility index (Phi) is 2.73. The van der Waals surface area contributed by atoms with Crippen LogP contribution in [-0.2, 0) is 11.8 Å². The lowest BCUT2D eigenvalue weighted by atomic mass is 9.96. The van der Waals surface area contributed by atoms with Crippen LogP contribution in [0.1, 0.15) is 31.2 Å². The zero-order chi connectivity index (χ0) is 12.8. The van der Waals surface area contributed by atoms with Crippen LogP contribution in [-0.4, -0.2) is 21.2 Å². The van der Waals surface area contributed by atoms with E-state index in [-0.39, 0.29) is 5.91 Å². The Bertz CT molecular complexity index is 457. The van der Waals surface area contributed by atoms with Crippen LogP contribution in [0.4, 0.5) is 5.69 Å². The summed E-state index contributed by atoms with van der Waals surface area (Å²) in [5.74, 6) is 0.207. The minimum atomic E-state index is -0.769. The molecule has 0 bridgehead atoms. The van der Waals surface area contributed by atoms with Gasteiger partial charge in [-0.1, -0.05) is 0 Å². The molecule has 0 saturated heterocycles. The Hall–Kier alpha value is -1.36. The monoisotopic (exact) mass is 236 g/mol. The van der Waals surface area contributed by atoms with Crippen molar-refractivity contribution >= 4 is 11.6 Å². The van der Waals surface area contributed by atoms with Crippen molar-refractivity contribution in [2.75, 3.05) is 5.32 Å². The molecule has 0 aromatic carbocycles. The number of aryl methyl sites for hydroxylation is 2. The Morgan fingerprint density at radius 2 is 2.12 bits per heavy atom. The third-order valence-corrected chi connectivity index (χ3v) is 3.66. The van der Waals surface area contributed by atoms with Crippen LogP contribution in [0.3, 0.4) is 0 Å². The molecule has 0 spiro atoms. The first kappa shape index (κ1) is 12.1. The van der Waals surface area contributed by atoms with Gasteiger partial charge >= 0.3 is 0 Å². The molecule has 1 unspecified atom stereocenters. The minimum absolute atomic E-state index is 0.112. The molecule has 1 aliphatic carbocycles. The first-order valence-electron chi connectivity index (χ1n) is 5.94. The number of nitrogens with one attached hydrogen (secondary N) is 1. The SMILES string of the molecule is Cc1nn(C)c(C)c1NC(=O)C(C)(N)C1CC1. The number of hydrogen-bond donors (Lipinski definition) is 2. The Morgan fingerprint density at radius 3 is 2.53 bits per heavy atom. The van der Waals surface area contributed by atoms with Crippen LogP contribution in [0.2, 0.25) is 0 Å². The summed E-state index contributed by atoms with van der Waals surface area (Å²) in [5, 5.41) is 7.18. The van der Waals surface area contributed by atoms with Gasteiger partial charge in [0.05, 0.1) is 22.6 Å². The average Bonchev–Trinajstić information content (AvgIpc) is 3.04. The number of aromatic nitrogens is 2. The Morgan fingerprint density at radius 1 is 1.53 bits per heavy atom. The zero-order valence-corrected chi connectivity index (χ0v) is 10.9. The molecular weight excluding hydrogens is 216 g/mol. The van der Waals surface area contributed by atoms with Crippen molar-refractivity contribution in [2.24, 2.45) is 18.7 Å². The number of nitrogens with two attached hydrogens (primary N) is 1. The molecule has 1 heterocycles. The predicted molar refractivity (Wildman–Crippen MR) is 66.6 cm³/mol. The van der Waals surface area contributed by atoms with Gasteiger partial charge in [-0.05, 0) is 39.5 Å². The van der Waals surface area contributed by atoms with E-state index < -0.39 is 5.54 Å². The van der Waals surface area contributed by atoms with E-state index in [4.69, 9.17) is 5.73 Å². The average molecular weight is 236 g/mol. The van der Waals surface area contributed by atoms with E-state index in [9.17, 15) is 4.79 Å². The van der Waals surface area contributed by atoms with E-state index in [0.717, 1.165) is 29.9 Å². The number of rotatable bonds is 3. The van der Waals surface area contributed by atoms with E-state index >= 15 is 0 Å². The lowest BCUT2D eigenvalue weighted by molar-refractivity contribution is -0.121. The summed E-state index contributed by atoms with van der Waals surface area (Å²) in [4.78, 5) is 12.2. The van der Waals surface area contributed by atoms with Gasteiger partial charge in [-0.15, -0.1) is 0 Å². The van der Waals surface area contributed by atoms with Gasteiger partial charge in [0.25, 0.3) is 0 Å². The third-order valence-electron chi connectivity index (χ3n) is 3.66. The molecule has 5 nitrogen and oxygen atoms in total. The standard InChI is InChI=1S/C12H20N4O/c1-7-10(8(2)16(4)15-7)14-11(17)12(3,13)9-5-6-9/h9H,5-6,13H2,1-4H3,(H,14,17). The molecule has 1 atom stereocenters. The molecule has 3 N–H and O–H groups in total. The van der Waals surface area contributed by atoms with Gasteiger partial charge in [-0.3, -0.25) is 9.48 Å². The van der Waals surface area contributed by atoms with Crippen molar-refractivity contribution < 1.29 is 4.79 Å². The van der Waals surface area contributed by atoms with E-state index in [2.05, 4.69) is 10.4 Å². The van der Waals surface area contributed by atoms with Crippen molar-refractivity contribution in [1.29, 1.82) is 0 Å². The van der Waals surface area contributed by atoms with Crippen LogP contribution in [0.25, 0.3) is 0 Å². The first-order valence-corrected chi connectivity index (χ1v) is 5.94. The van der Waals surface area contributed by atoms with Gasteiger partial charge < -0.3 is 11.1 Å². The molecule has 0 radical (unpaired) electrons. The number of carbonyl (C=O) groups excluding carboxylic acids is 1. The highest BCUT2D eigenvalue weighted by Gasteiger charge is 2.44. The Labute approximate surface area is 101 Å². The van der Waals surface area contributed by atoms with Gasteiger partial charge in [0.15, 0.2) is 0 Å². The highest BCUT2D eigenvalue weighted by atomic mass is 16.2. The fraction of sp³-hybridized carbons (Fsp3) is 0.667. The summed E-state index contributed by atoms with van der Waals surface area (Å²) in [5.41, 5.74) is 7.87. The van der Waals surface area contributed by atoms with Crippen molar-refractivity contribution in [1.82, 2.24) is 9.78 Å². The van der Waals surface area contributed by atoms with Gasteiger partial charge in [0.2, 0.25) is 5.91 Å². The van der Waals surface area contributed by atoms with Crippen LogP contribution < -0.4 is 11.1 Å². The zero-order valence-electron chi connectivity index (χ0n) is 10.9. The molecule has 1 aliphatic rings. The molecule has 94 valence electrons. The second-order valence-electron chi connectivity index (χ2n) is 5.18. The van der Waals surface area contributed by atoms with Gasteiger partial charge in [-0.25, -0.2) is 0 Å². The minimum Gasteiger partial charge on any atom is -0.321 e. The second-order valence-corrected chi connectivity index (χ2v) is 5.18. The quantitative estimate of drug-likeness (QED) is 0.825. The van der Waals surface area contributed by atoms with Gasteiger partial charge in [-0.2, -0.15) is 5.10 Å². The highest BCUT2D eigenvalue weighted by molar-refractivity contribution is 5.99. The summed E-state index contributed by atoms with van der Waals surface area (Å²) >= 11 is 0. The molecule has 0 aliphatic heterocycles.